The molecule has 0 fully saturated rings. The van der Waals surface area contributed by atoms with Crippen molar-refractivity contribution >= 4 is 33.0 Å². The van der Waals surface area contributed by atoms with E-state index in [-0.39, 0.29) is 6.10 Å². The summed E-state index contributed by atoms with van der Waals surface area (Å²) >= 11 is 7.66. The molecule has 3 heteroatoms. The Morgan fingerprint density at radius 2 is 1.90 bits per heavy atom. The summed E-state index contributed by atoms with van der Waals surface area (Å²) in [6.07, 6.45) is 0.803. The fourth-order valence-electron chi connectivity index (χ4n) is 2.24. The molecule has 102 valence electrons. The highest BCUT2D eigenvalue weighted by atomic mass is 35.5. The molecular weight excluding hydrogens is 288 g/mol. The van der Waals surface area contributed by atoms with Crippen LogP contribution in [0.3, 0.4) is 0 Å². The number of alkyl halides is 1. The minimum atomic E-state index is 0.00443. The third-order valence-corrected chi connectivity index (χ3v) is 4.36. The van der Waals surface area contributed by atoms with Gasteiger partial charge in [-0.05, 0) is 40.6 Å². The average molecular weight is 303 g/mol. The lowest BCUT2D eigenvalue weighted by molar-refractivity contribution is 0.202. The van der Waals surface area contributed by atoms with Gasteiger partial charge in [-0.2, -0.15) is 0 Å². The van der Waals surface area contributed by atoms with Crippen LogP contribution in [0.5, 0.6) is 5.75 Å². The number of halogens is 1. The van der Waals surface area contributed by atoms with E-state index < -0.39 is 0 Å². The highest BCUT2D eigenvalue weighted by Crippen LogP contribution is 2.29. The second kappa shape index (κ2) is 6.29. The fraction of sp³-hybridized carbons (Fsp3) is 0.176. The molecule has 0 bridgehead atoms. The first-order valence-electron chi connectivity index (χ1n) is 6.61. The van der Waals surface area contributed by atoms with Crippen molar-refractivity contribution in [2.24, 2.45) is 0 Å². The summed E-state index contributed by atoms with van der Waals surface area (Å²) < 4.78 is 7.42. The Kier molecular flexibility index (Phi) is 4.24. The Morgan fingerprint density at radius 3 is 2.70 bits per heavy atom. The second-order valence-corrected chi connectivity index (χ2v) is 5.94. The van der Waals surface area contributed by atoms with Gasteiger partial charge in [-0.25, -0.2) is 0 Å². The van der Waals surface area contributed by atoms with Gasteiger partial charge in [0, 0.05) is 17.0 Å². The molecule has 0 aliphatic carbocycles. The molecule has 0 spiro atoms. The first-order chi connectivity index (χ1) is 9.86. The number of thiophene rings is 1. The minimum Gasteiger partial charge on any atom is -0.486 e. The van der Waals surface area contributed by atoms with Crippen molar-refractivity contribution in [1.29, 1.82) is 0 Å². The molecule has 0 aliphatic heterocycles. The molecule has 0 radical (unpaired) electrons. The van der Waals surface area contributed by atoms with Gasteiger partial charge >= 0.3 is 0 Å². The van der Waals surface area contributed by atoms with E-state index in [1.54, 1.807) is 11.3 Å². The van der Waals surface area contributed by atoms with Crippen molar-refractivity contribution < 1.29 is 4.74 Å². The molecule has 0 saturated carbocycles. The summed E-state index contributed by atoms with van der Waals surface area (Å²) in [5.74, 6) is 1.48. The summed E-state index contributed by atoms with van der Waals surface area (Å²) in [5, 5.41) is 3.33. The van der Waals surface area contributed by atoms with Crippen LogP contribution in [0.15, 0.2) is 60.0 Å². The van der Waals surface area contributed by atoms with Gasteiger partial charge in [0.15, 0.2) is 0 Å². The van der Waals surface area contributed by atoms with Gasteiger partial charge in [-0.1, -0.05) is 30.3 Å². The quantitative estimate of drug-likeness (QED) is 0.553. The summed E-state index contributed by atoms with van der Waals surface area (Å²) in [6, 6.07) is 18.6. The lowest BCUT2D eigenvalue weighted by atomic mass is 10.1. The highest BCUT2D eigenvalue weighted by molar-refractivity contribution is 7.17. The molecule has 1 nitrogen and oxygen atoms in total. The van der Waals surface area contributed by atoms with Gasteiger partial charge in [-0.3, -0.25) is 0 Å². The topological polar surface area (TPSA) is 9.23 Å². The van der Waals surface area contributed by atoms with Crippen LogP contribution in [-0.4, -0.2) is 5.88 Å². The monoisotopic (exact) mass is 302 g/mol. The SMILES string of the molecule is ClCCC(Oc1ccc2sccc2c1)c1ccccc1. The lowest BCUT2D eigenvalue weighted by Crippen LogP contribution is -2.08. The van der Waals surface area contributed by atoms with Gasteiger partial charge in [0.2, 0.25) is 0 Å². The molecule has 3 rings (SSSR count). The van der Waals surface area contributed by atoms with Crippen molar-refractivity contribution in [3.05, 3.63) is 65.5 Å². The van der Waals surface area contributed by atoms with E-state index in [0.29, 0.717) is 5.88 Å². The zero-order valence-corrected chi connectivity index (χ0v) is 12.5. The Morgan fingerprint density at radius 1 is 1.05 bits per heavy atom. The van der Waals surface area contributed by atoms with Crippen LogP contribution in [0.25, 0.3) is 10.1 Å². The smallest absolute Gasteiger partial charge is 0.125 e. The van der Waals surface area contributed by atoms with Gasteiger partial charge in [0.05, 0.1) is 0 Å². The Hall–Kier alpha value is -1.51. The first kappa shape index (κ1) is 13.5. The van der Waals surface area contributed by atoms with E-state index in [9.17, 15) is 0 Å². The minimum absolute atomic E-state index is 0.00443. The normalized spacial score (nSPS) is 12.4. The Labute approximate surface area is 127 Å². The third kappa shape index (κ3) is 2.97. The van der Waals surface area contributed by atoms with Gasteiger partial charge < -0.3 is 4.74 Å². The molecule has 3 aromatic rings. The van der Waals surface area contributed by atoms with E-state index >= 15 is 0 Å². The summed E-state index contributed by atoms with van der Waals surface area (Å²) in [7, 11) is 0. The zero-order chi connectivity index (χ0) is 13.8. The molecule has 0 N–H and O–H groups in total. The molecule has 20 heavy (non-hydrogen) atoms. The molecule has 0 saturated heterocycles. The van der Waals surface area contributed by atoms with Crippen LogP contribution >= 0.6 is 22.9 Å². The van der Waals surface area contributed by atoms with Crippen LogP contribution < -0.4 is 4.74 Å². The van der Waals surface area contributed by atoms with Crippen molar-refractivity contribution in [2.45, 2.75) is 12.5 Å². The van der Waals surface area contributed by atoms with Crippen LogP contribution in [-0.2, 0) is 0 Å². The predicted molar refractivity (Wildman–Crippen MR) is 87.0 cm³/mol. The summed E-state index contributed by atoms with van der Waals surface area (Å²) in [5.41, 5.74) is 1.17. The lowest BCUT2D eigenvalue weighted by Gasteiger charge is -2.18. The molecule has 1 unspecified atom stereocenters. The van der Waals surface area contributed by atoms with Crippen molar-refractivity contribution in [2.75, 3.05) is 5.88 Å². The van der Waals surface area contributed by atoms with E-state index in [1.807, 2.05) is 24.3 Å². The second-order valence-electron chi connectivity index (χ2n) is 4.62. The maximum Gasteiger partial charge on any atom is 0.125 e. The fourth-order valence-corrected chi connectivity index (χ4v) is 3.21. The van der Waals surface area contributed by atoms with Crippen molar-refractivity contribution in [3.63, 3.8) is 0 Å². The van der Waals surface area contributed by atoms with E-state index in [0.717, 1.165) is 12.2 Å². The molecule has 1 heterocycles. The summed E-state index contributed by atoms with van der Waals surface area (Å²) in [4.78, 5) is 0. The van der Waals surface area contributed by atoms with E-state index in [2.05, 4.69) is 35.7 Å². The van der Waals surface area contributed by atoms with Crippen molar-refractivity contribution in [1.82, 2.24) is 0 Å². The standard InChI is InChI=1S/C17H15ClOS/c18-10-8-16(13-4-2-1-3-5-13)19-15-6-7-17-14(12-15)9-11-20-17/h1-7,9,11-12,16H,8,10H2. The maximum atomic E-state index is 6.14. The number of hydrogen-bond acceptors (Lipinski definition) is 2. The van der Waals surface area contributed by atoms with Crippen molar-refractivity contribution in [3.8, 4) is 5.75 Å². The Bertz CT molecular complexity index is 678. The first-order valence-corrected chi connectivity index (χ1v) is 8.03. The molecule has 2 aromatic carbocycles. The van der Waals surface area contributed by atoms with Crippen LogP contribution in [0, 0.1) is 0 Å². The number of hydrogen-bond donors (Lipinski definition) is 0. The average Bonchev–Trinajstić information content (AvgIpc) is 2.95. The zero-order valence-electron chi connectivity index (χ0n) is 11.0. The number of rotatable bonds is 5. The maximum absolute atomic E-state index is 6.14. The highest BCUT2D eigenvalue weighted by Gasteiger charge is 2.12. The third-order valence-electron chi connectivity index (χ3n) is 3.24. The van der Waals surface area contributed by atoms with E-state index in [4.69, 9.17) is 16.3 Å². The molecular formula is C17H15ClOS. The molecule has 1 aromatic heterocycles. The molecule has 0 amide bonds. The van der Waals surface area contributed by atoms with Crippen LogP contribution in [0.2, 0.25) is 0 Å². The largest absolute Gasteiger partial charge is 0.486 e. The number of ether oxygens (including phenoxy) is 1. The van der Waals surface area contributed by atoms with Gasteiger partial charge in [0.25, 0.3) is 0 Å². The molecule has 0 aliphatic rings. The van der Waals surface area contributed by atoms with E-state index in [1.165, 1.54) is 15.6 Å². The van der Waals surface area contributed by atoms with Gasteiger partial charge in [0.1, 0.15) is 11.9 Å². The van der Waals surface area contributed by atoms with Crippen LogP contribution in [0.1, 0.15) is 18.1 Å². The predicted octanol–water partition coefficient (Wildman–Crippen LogP) is 5.65. The Balaban J connectivity index is 1.85. The van der Waals surface area contributed by atoms with Gasteiger partial charge in [-0.15, -0.1) is 22.9 Å². The summed E-state index contributed by atoms with van der Waals surface area (Å²) in [6.45, 7) is 0. The molecule has 1 atom stereocenters. The van der Waals surface area contributed by atoms with Crippen LogP contribution in [0.4, 0.5) is 0 Å². The number of benzene rings is 2. The number of fused-ring (bicyclic) bond motifs is 1.